The molecule has 0 saturated heterocycles. The van der Waals surface area contributed by atoms with E-state index in [0.717, 1.165) is 27.8 Å². The molecule has 3 heterocycles. The molecule has 56 heavy (non-hydrogen) atoms. The van der Waals surface area contributed by atoms with Crippen LogP contribution in [0.4, 0.5) is 0 Å². The second-order valence-electron chi connectivity index (χ2n) is 14.7. The van der Waals surface area contributed by atoms with E-state index >= 15 is 0 Å². The first-order valence-corrected chi connectivity index (χ1v) is 19.1. The van der Waals surface area contributed by atoms with Gasteiger partial charge in [-0.15, -0.1) is 0 Å². The Kier molecular flexibility index (Phi) is 6.52. The second kappa shape index (κ2) is 11.8. The zero-order valence-corrected chi connectivity index (χ0v) is 30.3. The monoisotopic (exact) mass is 712 g/mol. The first-order chi connectivity index (χ1) is 27.8. The minimum Gasteiger partial charge on any atom is -0.309 e. The number of benzene rings is 8. The fourth-order valence-corrected chi connectivity index (χ4v) is 9.52. The van der Waals surface area contributed by atoms with Crippen LogP contribution in [0.25, 0.3) is 83.9 Å². The van der Waals surface area contributed by atoms with Crippen molar-refractivity contribution in [2.45, 2.75) is 5.41 Å². The number of hydrogen-bond acceptors (Lipinski definition) is 3. The van der Waals surface area contributed by atoms with E-state index in [9.17, 15) is 0 Å². The number of rotatable bonds is 4. The SMILES string of the molecule is c1ccc(-c2nc(-c3ccccc3)nc(-c3cccc(-c4ccc5c(c4)-n4c6ccccc6c6cccc(c64)C54c5ccccc5-c5ccccc54)c3)n2)cc1. The first kappa shape index (κ1) is 31.0. The molecule has 0 atom stereocenters. The second-order valence-corrected chi connectivity index (χ2v) is 14.7. The summed E-state index contributed by atoms with van der Waals surface area (Å²) < 4.78 is 2.52. The summed E-state index contributed by atoms with van der Waals surface area (Å²) in [4.78, 5) is 15.0. The van der Waals surface area contributed by atoms with E-state index < -0.39 is 5.41 Å². The van der Waals surface area contributed by atoms with E-state index in [1.807, 2.05) is 60.7 Å². The molecule has 0 N–H and O–H groups in total. The summed E-state index contributed by atoms with van der Waals surface area (Å²) in [7, 11) is 0. The number of nitrogens with zero attached hydrogens (tertiary/aromatic N) is 4. The quantitative estimate of drug-likeness (QED) is 0.182. The lowest BCUT2D eigenvalue weighted by molar-refractivity contribution is 0.748. The maximum absolute atomic E-state index is 5.05. The van der Waals surface area contributed by atoms with E-state index in [2.05, 4.69) is 138 Å². The van der Waals surface area contributed by atoms with Crippen molar-refractivity contribution in [2.75, 3.05) is 0 Å². The summed E-state index contributed by atoms with van der Waals surface area (Å²) in [5.74, 6) is 1.94. The molecule has 0 saturated carbocycles. The van der Waals surface area contributed by atoms with Gasteiger partial charge in [-0.25, -0.2) is 15.0 Å². The average Bonchev–Trinajstić information content (AvgIpc) is 3.77. The third kappa shape index (κ3) is 4.27. The molecule has 2 aromatic heterocycles. The zero-order chi connectivity index (χ0) is 36.8. The van der Waals surface area contributed by atoms with Crippen LogP contribution in [-0.4, -0.2) is 19.5 Å². The Morgan fingerprint density at radius 3 is 1.54 bits per heavy atom. The van der Waals surface area contributed by atoms with Crippen molar-refractivity contribution in [1.82, 2.24) is 19.5 Å². The lowest BCUT2D eigenvalue weighted by Gasteiger charge is -2.39. The molecule has 0 amide bonds. The van der Waals surface area contributed by atoms with Crippen LogP contribution in [0, 0.1) is 0 Å². The van der Waals surface area contributed by atoms with Crippen molar-refractivity contribution >= 4 is 21.8 Å². The molecule has 12 rings (SSSR count). The highest BCUT2D eigenvalue weighted by molar-refractivity contribution is 6.13. The molecule has 4 heteroatoms. The maximum atomic E-state index is 5.05. The number of para-hydroxylation sites is 2. The topological polar surface area (TPSA) is 43.6 Å². The lowest BCUT2D eigenvalue weighted by Crippen LogP contribution is -2.33. The maximum Gasteiger partial charge on any atom is 0.164 e. The van der Waals surface area contributed by atoms with Crippen LogP contribution in [0.2, 0.25) is 0 Å². The number of aromatic nitrogens is 4. The van der Waals surface area contributed by atoms with Crippen LogP contribution in [-0.2, 0) is 5.41 Å². The van der Waals surface area contributed by atoms with Crippen LogP contribution in [0.3, 0.4) is 0 Å². The molecule has 0 fully saturated rings. The van der Waals surface area contributed by atoms with Gasteiger partial charge in [0.1, 0.15) is 0 Å². The first-order valence-electron chi connectivity index (χ1n) is 19.1. The van der Waals surface area contributed by atoms with E-state index in [1.54, 1.807) is 0 Å². The van der Waals surface area contributed by atoms with Crippen molar-refractivity contribution in [3.8, 4) is 62.1 Å². The van der Waals surface area contributed by atoms with Crippen molar-refractivity contribution in [2.24, 2.45) is 0 Å². The van der Waals surface area contributed by atoms with Gasteiger partial charge in [-0.05, 0) is 62.7 Å². The fraction of sp³-hybridized carbons (Fsp3) is 0.0192. The Morgan fingerprint density at radius 1 is 0.339 bits per heavy atom. The third-order valence-electron chi connectivity index (χ3n) is 11.8. The van der Waals surface area contributed by atoms with Gasteiger partial charge in [-0.2, -0.15) is 0 Å². The summed E-state index contributed by atoms with van der Waals surface area (Å²) in [5.41, 5.74) is 16.2. The standard InChI is InChI=1S/C52H32N4/c1-3-15-33(16-4-1)49-53-50(34-17-5-2-6-18-34)55-51(54-49)37-20-13-19-35(31-37)36-29-30-44-47(32-36)56-46-28-12-9-23-40(46)41-24-14-27-45(48(41)56)52(44)42-25-10-7-21-38(42)39-22-8-11-26-43(39)52/h1-32H. The largest absolute Gasteiger partial charge is 0.309 e. The smallest absolute Gasteiger partial charge is 0.164 e. The van der Waals surface area contributed by atoms with Crippen molar-refractivity contribution in [3.63, 3.8) is 0 Å². The predicted molar refractivity (Wildman–Crippen MR) is 227 cm³/mol. The zero-order valence-electron chi connectivity index (χ0n) is 30.3. The van der Waals surface area contributed by atoms with Gasteiger partial charge in [0.05, 0.1) is 22.1 Å². The van der Waals surface area contributed by atoms with Gasteiger partial charge in [-0.1, -0.05) is 176 Å². The molecule has 1 aliphatic carbocycles. The summed E-state index contributed by atoms with van der Waals surface area (Å²) in [6.07, 6.45) is 0. The molecular weight excluding hydrogens is 681 g/mol. The van der Waals surface area contributed by atoms with Gasteiger partial charge in [0.2, 0.25) is 0 Å². The number of hydrogen-bond donors (Lipinski definition) is 0. The highest BCUT2D eigenvalue weighted by atomic mass is 15.0. The molecule has 2 aliphatic rings. The highest BCUT2D eigenvalue weighted by Gasteiger charge is 2.50. The van der Waals surface area contributed by atoms with Crippen molar-refractivity contribution < 1.29 is 0 Å². The van der Waals surface area contributed by atoms with E-state index in [0.29, 0.717) is 17.5 Å². The Balaban J connectivity index is 1.10. The minimum absolute atomic E-state index is 0.473. The minimum atomic E-state index is -0.473. The van der Waals surface area contributed by atoms with Crippen LogP contribution in [0.15, 0.2) is 194 Å². The van der Waals surface area contributed by atoms with Gasteiger partial charge in [0, 0.05) is 27.5 Å². The van der Waals surface area contributed by atoms with Gasteiger partial charge in [0.25, 0.3) is 0 Å². The van der Waals surface area contributed by atoms with Gasteiger partial charge >= 0.3 is 0 Å². The Bertz CT molecular complexity index is 3090. The summed E-state index contributed by atoms with van der Waals surface area (Å²) in [6.45, 7) is 0. The van der Waals surface area contributed by atoms with Crippen LogP contribution >= 0.6 is 0 Å². The molecule has 260 valence electrons. The molecule has 0 radical (unpaired) electrons. The third-order valence-corrected chi connectivity index (χ3v) is 11.8. The van der Waals surface area contributed by atoms with Crippen LogP contribution in [0.1, 0.15) is 22.3 Å². The van der Waals surface area contributed by atoms with Gasteiger partial charge in [-0.3, -0.25) is 0 Å². The molecule has 0 unspecified atom stereocenters. The molecule has 8 aromatic carbocycles. The Labute approximate surface area is 324 Å². The van der Waals surface area contributed by atoms with E-state index in [-0.39, 0.29) is 0 Å². The lowest BCUT2D eigenvalue weighted by atomic mass is 9.65. The average molecular weight is 713 g/mol. The Hall–Kier alpha value is -7.43. The molecule has 1 spiro atoms. The summed E-state index contributed by atoms with van der Waals surface area (Å²) in [5, 5.41) is 2.54. The molecule has 10 aromatic rings. The van der Waals surface area contributed by atoms with Crippen LogP contribution < -0.4 is 0 Å². The van der Waals surface area contributed by atoms with E-state index in [1.165, 1.54) is 60.9 Å². The Morgan fingerprint density at radius 2 is 0.839 bits per heavy atom. The molecular formula is C52H32N4. The summed E-state index contributed by atoms with van der Waals surface area (Å²) >= 11 is 0. The van der Waals surface area contributed by atoms with Crippen molar-refractivity contribution in [3.05, 3.63) is 216 Å². The highest BCUT2D eigenvalue weighted by Crippen LogP contribution is 2.61. The molecule has 4 nitrogen and oxygen atoms in total. The van der Waals surface area contributed by atoms with E-state index in [4.69, 9.17) is 15.0 Å². The fourth-order valence-electron chi connectivity index (χ4n) is 9.52. The van der Waals surface area contributed by atoms with Crippen molar-refractivity contribution in [1.29, 1.82) is 0 Å². The molecule has 0 bridgehead atoms. The number of fused-ring (bicyclic) bond motifs is 12. The molecule has 1 aliphatic heterocycles. The normalized spacial score (nSPS) is 13.1. The summed E-state index contributed by atoms with van der Waals surface area (Å²) in [6, 6.07) is 69.8. The van der Waals surface area contributed by atoms with Gasteiger partial charge < -0.3 is 4.57 Å². The predicted octanol–water partition coefficient (Wildman–Crippen LogP) is 12.3. The van der Waals surface area contributed by atoms with Crippen LogP contribution in [0.5, 0.6) is 0 Å². The van der Waals surface area contributed by atoms with Gasteiger partial charge in [0.15, 0.2) is 17.5 Å².